The lowest BCUT2D eigenvalue weighted by Crippen LogP contribution is -2.31. The molecular formula is C6H14N2O2S. The molecule has 1 aliphatic carbocycles. The van der Waals surface area contributed by atoms with Crippen molar-refractivity contribution in [1.29, 1.82) is 0 Å². The summed E-state index contributed by atoms with van der Waals surface area (Å²) in [5.41, 5.74) is 5.44. The molecule has 0 saturated heterocycles. The van der Waals surface area contributed by atoms with Gasteiger partial charge < -0.3 is 5.73 Å². The van der Waals surface area contributed by atoms with Gasteiger partial charge in [0.15, 0.2) is 0 Å². The number of rotatable bonds is 4. The minimum Gasteiger partial charge on any atom is -0.326 e. The Labute approximate surface area is 67.2 Å². The van der Waals surface area contributed by atoms with Gasteiger partial charge in [0.1, 0.15) is 0 Å². The maximum absolute atomic E-state index is 11.1. The van der Waals surface area contributed by atoms with Gasteiger partial charge in [0.25, 0.3) is 0 Å². The Morgan fingerprint density at radius 2 is 2.18 bits per heavy atom. The van der Waals surface area contributed by atoms with Crippen molar-refractivity contribution >= 4 is 10.0 Å². The minimum absolute atomic E-state index is 0.00606. The Kier molecular flexibility index (Phi) is 2.51. The van der Waals surface area contributed by atoms with Crippen LogP contribution in [0.1, 0.15) is 19.8 Å². The zero-order valence-electron chi connectivity index (χ0n) is 6.58. The summed E-state index contributed by atoms with van der Waals surface area (Å²) in [4.78, 5) is 0. The zero-order chi connectivity index (χ0) is 8.48. The molecule has 1 aliphatic rings. The molecule has 0 amide bonds. The predicted octanol–water partition coefficient (Wildman–Crippen LogP) is -0.585. The van der Waals surface area contributed by atoms with E-state index in [0.717, 1.165) is 6.42 Å². The number of sulfonamides is 1. The van der Waals surface area contributed by atoms with Crippen LogP contribution < -0.4 is 10.5 Å². The molecule has 2 unspecified atom stereocenters. The first-order chi connectivity index (χ1) is 5.05. The molecule has 5 heteroatoms. The van der Waals surface area contributed by atoms with Crippen molar-refractivity contribution in [1.82, 2.24) is 4.72 Å². The normalized spacial score (nSPS) is 30.4. The summed E-state index contributed by atoms with van der Waals surface area (Å²) >= 11 is 0. The van der Waals surface area contributed by atoms with Gasteiger partial charge in [-0.15, -0.1) is 0 Å². The van der Waals surface area contributed by atoms with Gasteiger partial charge in [-0.3, -0.25) is 0 Å². The molecule has 0 aromatic carbocycles. The standard InChI is InChI=1S/C6H14N2O2S/c1-2-3-11(9,10)8-6-4-5(6)7/h5-6,8H,2-4,7H2,1H3. The molecule has 1 fully saturated rings. The number of hydrogen-bond donors (Lipinski definition) is 2. The minimum atomic E-state index is -3.03. The third kappa shape index (κ3) is 2.76. The highest BCUT2D eigenvalue weighted by Gasteiger charge is 2.36. The molecule has 1 rings (SSSR count). The van der Waals surface area contributed by atoms with E-state index in [1.807, 2.05) is 6.92 Å². The lowest BCUT2D eigenvalue weighted by molar-refractivity contribution is 0.578. The average molecular weight is 178 g/mol. The van der Waals surface area contributed by atoms with Gasteiger partial charge in [-0.1, -0.05) is 6.92 Å². The molecule has 4 nitrogen and oxygen atoms in total. The van der Waals surface area contributed by atoms with Crippen LogP contribution in [0.25, 0.3) is 0 Å². The van der Waals surface area contributed by atoms with Gasteiger partial charge in [0, 0.05) is 12.1 Å². The molecule has 0 heterocycles. The van der Waals surface area contributed by atoms with Crippen LogP contribution in [0.4, 0.5) is 0 Å². The molecule has 3 N–H and O–H groups in total. The SMILES string of the molecule is CCCS(=O)(=O)NC1CC1N. The average Bonchev–Trinajstić information content (AvgIpc) is 2.44. The van der Waals surface area contributed by atoms with Gasteiger partial charge >= 0.3 is 0 Å². The molecule has 0 bridgehead atoms. The molecule has 0 aromatic heterocycles. The summed E-state index contributed by atoms with van der Waals surface area (Å²) in [6.45, 7) is 1.84. The molecule has 0 aromatic rings. The summed E-state index contributed by atoms with van der Waals surface area (Å²) in [6.07, 6.45) is 1.43. The molecule has 0 spiro atoms. The highest BCUT2D eigenvalue weighted by atomic mass is 32.2. The third-order valence-electron chi connectivity index (χ3n) is 1.64. The molecule has 2 atom stereocenters. The van der Waals surface area contributed by atoms with E-state index >= 15 is 0 Å². The lowest BCUT2D eigenvalue weighted by atomic mass is 10.6. The summed E-state index contributed by atoms with van der Waals surface area (Å²) in [5.74, 6) is 0.205. The number of hydrogen-bond acceptors (Lipinski definition) is 3. The topological polar surface area (TPSA) is 72.2 Å². The van der Waals surface area contributed by atoms with Crippen molar-refractivity contribution in [3.05, 3.63) is 0 Å². The summed E-state index contributed by atoms with van der Waals surface area (Å²) in [7, 11) is -3.03. The van der Waals surface area contributed by atoms with Crippen molar-refractivity contribution in [2.24, 2.45) is 5.73 Å². The monoisotopic (exact) mass is 178 g/mol. The van der Waals surface area contributed by atoms with Crippen LogP contribution in [0.2, 0.25) is 0 Å². The van der Waals surface area contributed by atoms with E-state index < -0.39 is 10.0 Å². The fourth-order valence-corrected chi connectivity index (χ4v) is 2.30. The zero-order valence-corrected chi connectivity index (χ0v) is 7.39. The summed E-state index contributed by atoms with van der Waals surface area (Å²) in [6, 6.07) is 0.0492. The molecule has 11 heavy (non-hydrogen) atoms. The molecule has 0 radical (unpaired) electrons. The molecule has 66 valence electrons. The molecular weight excluding hydrogens is 164 g/mol. The first-order valence-corrected chi connectivity index (χ1v) is 5.46. The summed E-state index contributed by atoms with van der Waals surface area (Å²) < 4.78 is 24.6. The quantitative estimate of drug-likeness (QED) is 0.604. The fraction of sp³-hybridized carbons (Fsp3) is 1.00. The Morgan fingerprint density at radius 1 is 1.64 bits per heavy atom. The lowest BCUT2D eigenvalue weighted by Gasteiger charge is -2.02. The van der Waals surface area contributed by atoms with E-state index in [0.29, 0.717) is 6.42 Å². The second-order valence-corrected chi connectivity index (χ2v) is 4.82. The van der Waals surface area contributed by atoms with Gasteiger partial charge in [0.2, 0.25) is 10.0 Å². The van der Waals surface area contributed by atoms with E-state index in [1.54, 1.807) is 0 Å². The number of nitrogens with one attached hydrogen (secondary N) is 1. The van der Waals surface area contributed by atoms with Crippen molar-refractivity contribution in [2.75, 3.05) is 5.75 Å². The first kappa shape index (κ1) is 8.96. The van der Waals surface area contributed by atoms with Crippen LogP contribution in [-0.4, -0.2) is 26.3 Å². The largest absolute Gasteiger partial charge is 0.326 e. The molecule has 1 saturated carbocycles. The second kappa shape index (κ2) is 3.08. The Morgan fingerprint density at radius 3 is 2.55 bits per heavy atom. The van der Waals surface area contributed by atoms with E-state index in [9.17, 15) is 8.42 Å². The van der Waals surface area contributed by atoms with Gasteiger partial charge in [0.05, 0.1) is 5.75 Å². The first-order valence-electron chi connectivity index (χ1n) is 3.81. The molecule has 0 aliphatic heterocycles. The highest BCUT2D eigenvalue weighted by molar-refractivity contribution is 7.89. The van der Waals surface area contributed by atoms with Crippen molar-refractivity contribution in [2.45, 2.75) is 31.8 Å². The van der Waals surface area contributed by atoms with Crippen LogP contribution in [0, 0.1) is 0 Å². The van der Waals surface area contributed by atoms with Gasteiger partial charge in [-0.05, 0) is 12.8 Å². The Bertz CT molecular complexity index is 225. The van der Waals surface area contributed by atoms with E-state index in [-0.39, 0.29) is 17.8 Å². The van der Waals surface area contributed by atoms with E-state index in [2.05, 4.69) is 4.72 Å². The van der Waals surface area contributed by atoms with E-state index in [1.165, 1.54) is 0 Å². The maximum atomic E-state index is 11.1. The Balaban J connectivity index is 2.35. The van der Waals surface area contributed by atoms with Crippen LogP contribution in [0.3, 0.4) is 0 Å². The van der Waals surface area contributed by atoms with Gasteiger partial charge in [-0.25, -0.2) is 13.1 Å². The van der Waals surface area contributed by atoms with Crippen molar-refractivity contribution in [3.8, 4) is 0 Å². The summed E-state index contributed by atoms with van der Waals surface area (Å²) in [5, 5.41) is 0. The van der Waals surface area contributed by atoms with Crippen LogP contribution >= 0.6 is 0 Å². The fourth-order valence-electron chi connectivity index (χ4n) is 0.908. The van der Waals surface area contributed by atoms with Gasteiger partial charge in [-0.2, -0.15) is 0 Å². The van der Waals surface area contributed by atoms with Crippen LogP contribution in [0.15, 0.2) is 0 Å². The third-order valence-corrected chi connectivity index (χ3v) is 3.25. The van der Waals surface area contributed by atoms with Crippen LogP contribution in [0.5, 0.6) is 0 Å². The van der Waals surface area contributed by atoms with Crippen molar-refractivity contribution in [3.63, 3.8) is 0 Å². The number of nitrogens with two attached hydrogens (primary N) is 1. The Hall–Kier alpha value is -0.130. The second-order valence-electron chi connectivity index (χ2n) is 2.94. The smallest absolute Gasteiger partial charge is 0.211 e. The highest BCUT2D eigenvalue weighted by Crippen LogP contribution is 2.18. The van der Waals surface area contributed by atoms with Crippen molar-refractivity contribution < 1.29 is 8.42 Å². The van der Waals surface area contributed by atoms with Crippen LogP contribution in [-0.2, 0) is 10.0 Å². The predicted molar refractivity (Wildman–Crippen MR) is 43.6 cm³/mol. The maximum Gasteiger partial charge on any atom is 0.211 e. The van der Waals surface area contributed by atoms with E-state index in [4.69, 9.17) is 5.73 Å².